The molecule has 4 heteroatoms. The van der Waals surface area contributed by atoms with E-state index in [1.165, 1.54) is 12.8 Å². The normalized spacial score (nSPS) is 11.6. The standard InChI is InChI=1S/C12H22BrN3/c1-4-12(5-2)16(9-7-13)10-11-6-8-15(3)14-11/h6,8,12H,4-5,7,9-10H2,1-3H3. The molecule has 0 aliphatic rings. The zero-order chi connectivity index (χ0) is 12.0. The Bertz CT molecular complexity index is 294. The lowest BCUT2D eigenvalue weighted by Crippen LogP contribution is -2.35. The molecular formula is C12H22BrN3. The molecule has 0 unspecified atom stereocenters. The van der Waals surface area contributed by atoms with E-state index in [1.54, 1.807) is 0 Å². The Morgan fingerprint density at radius 2 is 2.12 bits per heavy atom. The van der Waals surface area contributed by atoms with Crippen molar-refractivity contribution < 1.29 is 0 Å². The molecule has 92 valence electrons. The van der Waals surface area contributed by atoms with Crippen LogP contribution in [0.2, 0.25) is 0 Å². The fraction of sp³-hybridized carbons (Fsp3) is 0.750. The van der Waals surface area contributed by atoms with Crippen molar-refractivity contribution in [2.24, 2.45) is 7.05 Å². The molecule has 0 amide bonds. The third kappa shape index (κ3) is 3.91. The van der Waals surface area contributed by atoms with Gasteiger partial charge >= 0.3 is 0 Å². The van der Waals surface area contributed by atoms with Gasteiger partial charge < -0.3 is 0 Å². The van der Waals surface area contributed by atoms with Gasteiger partial charge in [0.25, 0.3) is 0 Å². The number of aromatic nitrogens is 2. The molecule has 0 aliphatic heterocycles. The summed E-state index contributed by atoms with van der Waals surface area (Å²) in [6.07, 6.45) is 4.42. The van der Waals surface area contributed by atoms with E-state index >= 15 is 0 Å². The van der Waals surface area contributed by atoms with E-state index in [0.717, 1.165) is 24.1 Å². The maximum atomic E-state index is 4.44. The van der Waals surface area contributed by atoms with Crippen molar-refractivity contribution in [1.29, 1.82) is 0 Å². The number of rotatable bonds is 7. The van der Waals surface area contributed by atoms with E-state index in [9.17, 15) is 0 Å². The highest BCUT2D eigenvalue weighted by Crippen LogP contribution is 2.12. The number of hydrogen-bond acceptors (Lipinski definition) is 2. The highest BCUT2D eigenvalue weighted by Gasteiger charge is 2.15. The van der Waals surface area contributed by atoms with E-state index in [0.29, 0.717) is 6.04 Å². The van der Waals surface area contributed by atoms with E-state index in [4.69, 9.17) is 0 Å². The van der Waals surface area contributed by atoms with Crippen LogP contribution in [0.1, 0.15) is 32.4 Å². The van der Waals surface area contributed by atoms with E-state index < -0.39 is 0 Å². The minimum atomic E-state index is 0.666. The predicted octanol–water partition coefficient (Wildman–Crippen LogP) is 2.81. The summed E-state index contributed by atoms with van der Waals surface area (Å²) in [4.78, 5) is 2.51. The molecule has 0 saturated heterocycles. The monoisotopic (exact) mass is 287 g/mol. The van der Waals surface area contributed by atoms with Gasteiger partial charge in [-0.15, -0.1) is 0 Å². The minimum Gasteiger partial charge on any atom is -0.294 e. The summed E-state index contributed by atoms with van der Waals surface area (Å²) in [6, 6.07) is 2.77. The lowest BCUT2D eigenvalue weighted by Gasteiger charge is -2.29. The average Bonchev–Trinajstić information content (AvgIpc) is 2.66. The van der Waals surface area contributed by atoms with Gasteiger partial charge in [0, 0.05) is 37.7 Å². The maximum Gasteiger partial charge on any atom is 0.0764 e. The van der Waals surface area contributed by atoms with E-state index in [-0.39, 0.29) is 0 Å². The SMILES string of the molecule is CCC(CC)N(CCBr)Cc1ccn(C)n1. The largest absolute Gasteiger partial charge is 0.294 e. The van der Waals surface area contributed by atoms with Gasteiger partial charge in [-0.05, 0) is 18.9 Å². The van der Waals surface area contributed by atoms with Crippen molar-refractivity contribution in [3.8, 4) is 0 Å². The van der Waals surface area contributed by atoms with Crippen LogP contribution < -0.4 is 0 Å². The Morgan fingerprint density at radius 3 is 2.56 bits per heavy atom. The quantitative estimate of drug-likeness (QED) is 0.719. The lowest BCUT2D eigenvalue weighted by atomic mass is 10.1. The summed E-state index contributed by atoms with van der Waals surface area (Å²) >= 11 is 3.53. The third-order valence-corrected chi connectivity index (χ3v) is 3.32. The summed E-state index contributed by atoms with van der Waals surface area (Å²) in [6.45, 7) is 6.56. The summed E-state index contributed by atoms with van der Waals surface area (Å²) in [7, 11) is 1.97. The minimum absolute atomic E-state index is 0.666. The van der Waals surface area contributed by atoms with Gasteiger partial charge in [-0.3, -0.25) is 9.58 Å². The zero-order valence-corrected chi connectivity index (χ0v) is 12.1. The molecule has 0 aliphatic carbocycles. The van der Waals surface area contributed by atoms with Crippen molar-refractivity contribution in [2.45, 2.75) is 39.3 Å². The summed E-state index contributed by atoms with van der Waals surface area (Å²) in [5.74, 6) is 0. The molecule has 0 N–H and O–H groups in total. The predicted molar refractivity (Wildman–Crippen MR) is 71.8 cm³/mol. The molecule has 16 heavy (non-hydrogen) atoms. The Balaban J connectivity index is 2.63. The number of halogens is 1. The van der Waals surface area contributed by atoms with Gasteiger partial charge in [0.2, 0.25) is 0 Å². The summed E-state index contributed by atoms with van der Waals surface area (Å²) < 4.78 is 1.87. The van der Waals surface area contributed by atoms with Crippen LogP contribution in [0.4, 0.5) is 0 Å². The fourth-order valence-electron chi connectivity index (χ4n) is 2.06. The molecule has 1 rings (SSSR count). The van der Waals surface area contributed by atoms with Gasteiger partial charge in [0.1, 0.15) is 0 Å². The Morgan fingerprint density at radius 1 is 1.44 bits per heavy atom. The Hall–Kier alpha value is -0.350. The van der Waals surface area contributed by atoms with Crippen molar-refractivity contribution in [3.05, 3.63) is 18.0 Å². The Kier molecular flexibility index (Phi) is 6.06. The third-order valence-electron chi connectivity index (χ3n) is 2.96. The molecule has 1 heterocycles. The van der Waals surface area contributed by atoms with Crippen molar-refractivity contribution >= 4 is 15.9 Å². The Labute approximate surface area is 107 Å². The van der Waals surface area contributed by atoms with Crippen molar-refractivity contribution in [2.75, 3.05) is 11.9 Å². The van der Waals surface area contributed by atoms with Crippen LogP contribution in [-0.4, -0.2) is 32.6 Å². The molecule has 0 aromatic carbocycles. The molecule has 1 aromatic heterocycles. The smallest absolute Gasteiger partial charge is 0.0764 e. The molecule has 0 radical (unpaired) electrons. The first-order chi connectivity index (χ1) is 7.71. The summed E-state index contributed by atoms with van der Waals surface area (Å²) in [5, 5.41) is 5.47. The molecular weight excluding hydrogens is 266 g/mol. The van der Waals surface area contributed by atoms with Gasteiger partial charge in [-0.25, -0.2) is 0 Å². The van der Waals surface area contributed by atoms with Crippen molar-refractivity contribution in [1.82, 2.24) is 14.7 Å². The van der Waals surface area contributed by atoms with Crippen LogP contribution >= 0.6 is 15.9 Å². The van der Waals surface area contributed by atoms with Crippen LogP contribution in [0.3, 0.4) is 0 Å². The second-order valence-electron chi connectivity index (χ2n) is 4.11. The number of hydrogen-bond donors (Lipinski definition) is 0. The van der Waals surface area contributed by atoms with Gasteiger partial charge in [0.05, 0.1) is 5.69 Å². The number of nitrogens with zero attached hydrogens (tertiary/aromatic N) is 3. The average molecular weight is 288 g/mol. The van der Waals surface area contributed by atoms with Crippen LogP contribution in [0.15, 0.2) is 12.3 Å². The fourth-order valence-corrected chi connectivity index (χ4v) is 2.52. The van der Waals surface area contributed by atoms with Crippen LogP contribution in [0, 0.1) is 0 Å². The highest BCUT2D eigenvalue weighted by molar-refractivity contribution is 9.09. The first-order valence-electron chi connectivity index (χ1n) is 5.99. The zero-order valence-electron chi connectivity index (χ0n) is 10.5. The maximum absolute atomic E-state index is 4.44. The van der Waals surface area contributed by atoms with E-state index in [2.05, 4.69) is 45.8 Å². The second kappa shape index (κ2) is 7.07. The van der Waals surface area contributed by atoms with Gasteiger partial charge in [0.15, 0.2) is 0 Å². The van der Waals surface area contributed by atoms with Gasteiger partial charge in [-0.2, -0.15) is 5.10 Å². The second-order valence-corrected chi connectivity index (χ2v) is 4.90. The molecule has 3 nitrogen and oxygen atoms in total. The van der Waals surface area contributed by atoms with Crippen LogP contribution in [0.5, 0.6) is 0 Å². The molecule has 0 fully saturated rings. The molecule has 0 spiro atoms. The summed E-state index contributed by atoms with van der Waals surface area (Å²) in [5.41, 5.74) is 1.16. The number of aryl methyl sites for hydroxylation is 1. The molecule has 0 saturated carbocycles. The first kappa shape index (κ1) is 13.7. The van der Waals surface area contributed by atoms with Crippen LogP contribution in [-0.2, 0) is 13.6 Å². The lowest BCUT2D eigenvalue weighted by molar-refractivity contribution is 0.186. The molecule has 0 atom stereocenters. The topological polar surface area (TPSA) is 21.1 Å². The number of alkyl halides is 1. The van der Waals surface area contributed by atoms with Crippen molar-refractivity contribution in [3.63, 3.8) is 0 Å². The van der Waals surface area contributed by atoms with Crippen LogP contribution in [0.25, 0.3) is 0 Å². The molecule has 1 aromatic rings. The van der Waals surface area contributed by atoms with Gasteiger partial charge in [-0.1, -0.05) is 29.8 Å². The highest BCUT2D eigenvalue weighted by atomic mass is 79.9. The van der Waals surface area contributed by atoms with E-state index in [1.807, 2.05) is 17.9 Å². The first-order valence-corrected chi connectivity index (χ1v) is 7.11. The molecule has 0 bridgehead atoms.